The van der Waals surface area contributed by atoms with Gasteiger partial charge in [0.1, 0.15) is 18.0 Å². The number of nitrogens with zero attached hydrogens (tertiary/aromatic N) is 4. The lowest BCUT2D eigenvalue weighted by atomic mass is 10.0. The summed E-state index contributed by atoms with van der Waals surface area (Å²) in [4.78, 5) is 16.1. The van der Waals surface area contributed by atoms with Crippen LogP contribution >= 0.6 is 0 Å². The van der Waals surface area contributed by atoms with Gasteiger partial charge in [-0.05, 0) is 31.2 Å². The molecular weight excluding hydrogens is 436 g/mol. The van der Waals surface area contributed by atoms with E-state index in [1.54, 1.807) is 6.92 Å². The van der Waals surface area contributed by atoms with Crippen molar-refractivity contribution in [1.29, 1.82) is 0 Å². The van der Waals surface area contributed by atoms with Gasteiger partial charge < -0.3 is 5.32 Å². The molecule has 32 heavy (non-hydrogen) atoms. The Kier molecular flexibility index (Phi) is 5.19. The van der Waals surface area contributed by atoms with Gasteiger partial charge in [0.2, 0.25) is 0 Å². The minimum absolute atomic E-state index is 0.0391. The molecule has 4 rings (SSSR count). The van der Waals surface area contributed by atoms with Gasteiger partial charge in [-0.25, -0.2) is 15.0 Å². The number of hydrogen-bond donors (Lipinski definition) is 1. The van der Waals surface area contributed by atoms with E-state index in [1.807, 2.05) is 0 Å². The number of rotatable bonds is 3. The first-order valence-corrected chi connectivity index (χ1v) is 9.12. The van der Waals surface area contributed by atoms with E-state index in [4.69, 9.17) is 0 Å². The summed E-state index contributed by atoms with van der Waals surface area (Å²) in [5.41, 5.74) is -0.0628. The smallest absolute Gasteiger partial charge is 0.325 e. The van der Waals surface area contributed by atoms with Crippen LogP contribution in [0.4, 0.5) is 38.0 Å². The Balaban J connectivity index is 1.69. The van der Waals surface area contributed by atoms with Crippen molar-refractivity contribution in [3.8, 4) is 11.3 Å². The molecule has 0 aliphatic carbocycles. The molecule has 0 bridgehead atoms. The number of hydrogen-bond acceptors (Lipinski definition) is 5. The number of fused-ring (bicyclic) bond motifs is 1. The molecule has 0 amide bonds. The lowest BCUT2D eigenvalue weighted by Gasteiger charge is -2.13. The first kappa shape index (κ1) is 21.5. The molecular formula is C21H13F6N5. The quantitative estimate of drug-likeness (QED) is 0.379. The van der Waals surface area contributed by atoms with Crippen molar-refractivity contribution in [2.75, 3.05) is 5.32 Å². The average Bonchev–Trinajstić information content (AvgIpc) is 2.73. The summed E-state index contributed by atoms with van der Waals surface area (Å²) in [6, 6.07) is 7.28. The van der Waals surface area contributed by atoms with Crippen molar-refractivity contribution in [3.05, 3.63) is 71.8 Å². The molecule has 1 aromatic carbocycles. The van der Waals surface area contributed by atoms with Crippen LogP contribution in [0.15, 0.2) is 55.1 Å². The number of pyridine rings is 2. The van der Waals surface area contributed by atoms with Crippen molar-refractivity contribution in [2.45, 2.75) is 19.3 Å². The molecule has 164 valence electrons. The van der Waals surface area contributed by atoms with Gasteiger partial charge in [-0.1, -0.05) is 12.1 Å². The van der Waals surface area contributed by atoms with Crippen LogP contribution in [-0.4, -0.2) is 19.9 Å². The third-order valence-electron chi connectivity index (χ3n) is 4.74. The van der Waals surface area contributed by atoms with E-state index in [-0.39, 0.29) is 16.7 Å². The zero-order chi connectivity index (χ0) is 23.1. The van der Waals surface area contributed by atoms with Crippen LogP contribution in [-0.2, 0) is 12.4 Å². The standard InChI is InChI=1S/C21H13F6N5/c1-11-18(12-2-4-14-15(21(25,26)27)6-7-28-16(14)8-12)30-10-31-19(11)32-17-5-3-13(9-29-17)20(22,23)24/h2-10H,1H3,(H,29,30,31,32). The molecule has 3 heterocycles. The molecule has 0 aliphatic heterocycles. The first-order chi connectivity index (χ1) is 15.0. The fourth-order valence-corrected chi connectivity index (χ4v) is 3.17. The topological polar surface area (TPSA) is 63.6 Å². The number of aromatic nitrogens is 4. The van der Waals surface area contributed by atoms with Crippen LogP contribution in [0.1, 0.15) is 16.7 Å². The Morgan fingerprint density at radius 3 is 2.25 bits per heavy atom. The predicted molar refractivity (Wildman–Crippen MR) is 105 cm³/mol. The van der Waals surface area contributed by atoms with Gasteiger partial charge in [-0.15, -0.1) is 0 Å². The summed E-state index contributed by atoms with van der Waals surface area (Å²) in [5.74, 6) is 0.431. The molecule has 4 aromatic rings. The van der Waals surface area contributed by atoms with Crippen molar-refractivity contribution in [3.63, 3.8) is 0 Å². The number of halogens is 6. The van der Waals surface area contributed by atoms with Crippen molar-refractivity contribution >= 4 is 22.5 Å². The van der Waals surface area contributed by atoms with Crippen molar-refractivity contribution in [1.82, 2.24) is 19.9 Å². The predicted octanol–water partition coefficient (Wildman–Crippen LogP) is 6.18. The minimum Gasteiger partial charge on any atom is -0.325 e. The van der Waals surface area contributed by atoms with Gasteiger partial charge in [0, 0.05) is 28.9 Å². The molecule has 0 saturated heterocycles. The number of nitrogens with one attached hydrogen (secondary N) is 1. The van der Waals surface area contributed by atoms with E-state index in [0.29, 0.717) is 28.8 Å². The fraction of sp³-hybridized carbons (Fsp3) is 0.143. The summed E-state index contributed by atoms with van der Waals surface area (Å²) in [6.07, 6.45) is -5.99. The van der Waals surface area contributed by atoms with Crippen LogP contribution in [0.25, 0.3) is 22.2 Å². The SMILES string of the molecule is Cc1c(Nc2ccc(C(F)(F)F)cn2)ncnc1-c1ccc2c(C(F)(F)F)ccnc2c1. The summed E-state index contributed by atoms with van der Waals surface area (Å²) in [6.45, 7) is 1.67. The molecule has 0 aliphatic rings. The molecule has 0 radical (unpaired) electrons. The highest BCUT2D eigenvalue weighted by atomic mass is 19.4. The molecule has 3 aromatic heterocycles. The Morgan fingerprint density at radius 2 is 1.59 bits per heavy atom. The monoisotopic (exact) mass is 449 g/mol. The second kappa shape index (κ2) is 7.74. The fourth-order valence-electron chi connectivity index (χ4n) is 3.17. The zero-order valence-electron chi connectivity index (χ0n) is 16.3. The van der Waals surface area contributed by atoms with Gasteiger partial charge in [0.05, 0.1) is 22.3 Å². The maximum atomic E-state index is 13.2. The highest BCUT2D eigenvalue weighted by molar-refractivity contribution is 5.87. The third-order valence-corrected chi connectivity index (χ3v) is 4.74. The largest absolute Gasteiger partial charge is 0.417 e. The van der Waals surface area contributed by atoms with Crippen molar-refractivity contribution in [2.24, 2.45) is 0 Å². The second-order valence-electron chi connectivity index (χ2n) is 6.84. The Hall–Kier alpha value is -3.76. The molecule has 0 spiro atoms. The van der Waals surface area contributed by atoms with Gasteiger partial charge in [-0.3, -0.25) is 4.98 Å². The normalized spacial score (nSPS) is 12.2. The van der Waals surface area contributed by atoms with Gasteiger partial charge in [0.15, 0.2) is 0 Å². The minimum atomic E-state index is -4.51. The second-order valence-corrected chi connectivity index (χ2v) is 6.84. The number of alkyl halides is 6. The number of anilines is 2. The maximum Gasteiger partial charge on any atom is 0.417 e. The number of benzene rings is 1. The molecule has 0 unspecified atom stereocenters. The lowest BCUT2D eigenvalue weighted by molar-refractivity contribution is -0.138. The van der Waals surface area contributed by atoms with E-state index in [1.165, 1.54) is 30.6 Å². The van der Waals surface area contributed by atoms with Gasteiger partial charge >= 0.3 is 12.4 Å². The molecule has 5 nitrogen and oxygen atoms in total. The van der Waals surface area contributed by atoms with E-state index >= 15 is 0 Å². The van der Waals surface area contributed by atoms with E-state index < -0.39 is 23.5 Å². The van der Waals surface area contributed by atoms with E-state index in [2.05, 4.69) is 25.3 Å². The molecule has 1 N–H and O–H groups in total. The van der Waals surface area contributed by atoms with Gasteiger partial charge in [0.25, 0.3) is 0 Å². The van der Waals surface area contributed by atoms with Crippen LogP contribution in [0.5, 0.6) is 0 Å². The highest BCUT2D eigenvalue weighted by Gasteiger charge is 2.33. The molecule has 0 saturated carbocycles. The Morgan fingerprint density at radius 1 is 0.812 bits per heavy atom. The highest BCUT2D eigenvalue weighted by Crippen LogP contribution is 2.36. The zero-order valence-corrected chi connectivity index (χ0v) is 16.3. The Bertz CT molecular complexity index is 1280. The van der Waals surface area contributed by atoms with E-state index in [0.717, 1.165) is 18.3 Å². The first-order valence-electron chi connectivity index (χ1n) is 9.12. The Labute approximate surface area is 177 Å². The summed E-state index contributed by atoms with van der Waals surface area (Å²) >= 11 is 0. The van der Waals surface area contributed by atoms with Gasteiger partial charge in [-0.2, -0.15) is 26.3 Å². The summed E-state index contributed by atoms with van der Waals surface area (Å²) in [5, 5.41) is 2.79. The molecule has 11 heteroatoms. The van der Waals surface area contributed by atoms with Crippen LogP contribution < -0.4 is 5.32 Å². The average molecular weight is 449 g/mol. The summed E-state index contributed by atoms with van der Waals surface area (Å²) in [7, 11) is 0. The lowest BCUT2D eigenvalue weighted by Crippen LogP contribution is -2.07. The van der Waals surface area contributed by atoms with Crippen LogP contribution in [0.2, 0.25) is 0 Å². The maximum absolute atomic E-state index is 13.2. The van der Waals surface area contributed by atoms with E-state index in [9.17, 15) is 26.3 Å². The summed E-state index contributed by atoms with van der Waals surface area (Å²) < 4.78 is 77.8. The molecule has 0 fully saturated rings. The molecule has 0 atom stereocenters. The van der Waals surface area contributed by atoms with Crippen LogP contribution in [0, 0.1) is 6.92 Å². The van der Waals surface area contributed by atoms with Crippen LogP contribution in [0.3, 0.4) is 0 Å². The van der Waals surface area contributed by atoms with Crippen molar-refractivity contribution < 1.29 is 26.3 Å². The third kappa shape index (κ3) is 4.18.